The van der Waals surface area contributed by atoms with Crippen molar-refractivity contribution >= 4 is 29.2 Å². The summed E-state index contributed by atoms with van der Waals surface area (Å²) < 4.78 is 0. The van der Waals surface area contributed by atoms with Crippen LogP contribution in [0.2, 0.25) is 5.02 Å². The highest BCUT2D eigenvalue weighted by atomic mass is 35.5. The van der Waals surface area contributed by atoms with E-state index in [1.165, 1.54) is 4.90 Å². The van der Waals surface area contributed by atoms with E-state index >= 15 is 0 Å². The fourth-order valence-corrected chi connectivity index (χ4v) is 2.73. The molecule has 2 atom stereocenters. The fraction of sp³-hybridized carbons (Fsp3) is 0.286. The number of amides is 3. The van der Waals surface area contributed by atoms with Crippen LogP contribution in [0.15, 0.2) is 36.4 Å². The van der Waals surface area contributed by atoms with Crippen molar-refractivity contribution in [3.05, 3.63) is 41.4 Å². The molecule has 4 nitrogen and oxygen atoms in total. The maximum atomic E-state index is 12.4. The summed E-state index contributed by atoms with van der Waals surface area (Å²) in [4.78, 5) is 27.7. The first-order chi connectivity index (χ1) is 9.09. The Morgan fingerprint density at radius 2 is 1.89 bits per heavy atom. The second kappa shape index (κ2) is 4.38. The molecule has 1 aromatic rings. The molecule has 0 spiro atoms. The maximum absolute atomic E-state index is 12.4. The number of carbonyl (C=O) groups excluding carboxylic acids is 2. The minimum absolute atomic E-state index is 0.0486. The van der Waals surface area contributed by atoms with E-state index < -0.39 is 0 Å². The molecule has 0 aromatic heterocycles. The quantitative estimate of drug-likeness (QED) is 0.585. The number of rotatable bonds is 1. The Kier molecular flexibility index (Phi) is 2.82. The molecule has 2 aliphatic heterocycles. The molecule has 0 N–H and O–H groups in total. The Hall–Kier alpha value is -1.81. The summed E-state index contributed by atoms with van der Waals surface area (Å²) in [6, 6.07) is 6.06. The van der Waals surface area contributed by atoms with E-state index in [1.54, 1.807) is 29.2 Å². The second-order valence-corrected chi connectivity index (χ2v) is 5.20. The van der Waals surface area contributed by atoms with Crippen LogP contribution in [0.1, 0.15) is 13.3 Å². The number of urea groups is 1. The van der Waals surface area contributed by atoms with Crippen molar-refractivity contribution in [3.8, 4) is 0 Å². The zero-order valence-electron chi connectivity index (χ0n) is 10.4. The van der Waals surface area contributed by atoms with Crippen LogP contribution in [0.3, 0.4) is 0 Å². The number of hydrogen-bond donors (Lipinski definition) is 0. The van der Waals surface area contributed by atoms with E-state index in [1.807, 2.05) is 19.1 Å². The molecule has 2 heterocycles. The largest absolute Gasteiger partial charge is 0.332 e. The number of fused-ring (bicyclic) bond motifs is 1. The van der Waals surface area contributed by atoms with Crippen LogP contribution in [-0.2, 0) is 4.79 Å². The van der Waals surface area contributed by atoms with Crippen LogP contribution >= 0.6 is 11.6 Å². The van der Waals surface area contributed by atoms with Crippen LogP contribution in [0.25, 0.3) is 0 Å². The third kappa shape index (κ3) is 1.83. The highest BCUT2D eigenvalue weighted by Gasteiger charge is 2.47. The summed E-state index contributed by atoms with van der Waals surface area (Å²) in [7, 11) is 0. The molecule has 0 radical (unpaired) electrons. The number of hydrogen-bond acceptors (Lipinski definition) is 2. The second-order valence-electron chi connectivity index (χ2n) is 4.76. The van der Waals surface area contributed by atoms with Gasteiger partial charge in [0.2, 0.25) is 0 Å². The van der Waals surface area contributed by atoms with E-state index in [0.29, 0.717) is 17.1 Å². The van der Waals surface area contributed by atoms with Crippen molar-refractivity contribution in [2.75, 3.05) is 4.90 Å². The first-order valence-electron chi connectivity index (χ1n) is 6.18. The van der Waals surface area contributed by atoms with Crippen molar-refractivity contribution in [2.24, 2.45) is 0 Å². The zero-order valence-corrected chi connectivity index (χ0v) is 11.2. The number of imide groups is 1. The Morgan fingerprint density at radius 1 is 1.21 bits per heavy atom. The van der Waals surface area contributed by atoms with E-state index in [0.717, 1.165) is 0 Å². The van der Waals surface area contributed by atoms with Crippen LogP contribution in [0.5, 0.6) is 0 Å². The SMILES string of the molecule is C[C@H]1C=CC[C@H]2C(=O)N(c3ccc(Cl)cc3)C(=O)N12. The number of carbonyl (C=O) groups is 2. The summed E-state index contributed by atoms with van der Waals surface area (Å²) in [6.07, 6.45) is 4.49. The monoisotopic (exact) mass is 276 g/mol. The lowest BCUT2D eigenvalue weighted by Gasteiger charge is -2.28. The van der Waals surface area contributed by atoms with Gasteiger partial charge < -0.3 is 4.90 Å². The van der Waals surface area contributed by atoms with Gasteiger partial charge in [0, 0.05) is 11.1 Å². The minimum atomic E-state index is -0.372. The molecule has 0 bridgehead atoms. The van der Waals surface area contributed by atoms with Crippen molar-refractivity contribution in [2.45, 2.75) is 25.4 Å². The molecule has 0 aliphatic carbocycles. The standard InChI is InChI=1S/C14H13ClN2O2/c1-9-3-2-4-12-13(18)17(14(19)16(9)12)11-7-5-10(15)6-8-11/h2-3,5-9,12H,4H2,1H3/t9-,12-/m0/s1. The number of halogens is 1. The van der Waals surface area contributed by atoms with Crippen LogP contribution < -0.4 is 4.90 Å². The first-order valence-corrected chi connectivity index (χ1v) is 6.56. The van der Waals surface area contributed by atoms with Gasteiger partial charge in [-0.2, -0.15) is 0 Å². The van der Waals surface area contributed by atoms with Crippen LogP contribution in [0.4, 0.5) is 10.5 Å². The van der Waals surface area contributed by atoms with Gasteiger partial charge in [-0.25, -0.2) is 9.69 Å². The molecular formula is C14H13ClN2O2. The van der Waals surface area contributed by atoms with Gasteiger partial charge >= 0.3 is 6.03 Å². The van der Waals surface area contributed by atoms with E-state index in [-0.39, 0.29) is 24.0 Å². The number of nitrogens with zero attached hydrogens (tertiary/aromatic N) is 2. The molecule has 0 saturated carbocycles. The van der Waals surface area contributed by atoms with Gasteiger partial charge in [-0.05, 0) is 37.6 Å². The van der Waals surface area contributed by atoms with Crippen LogP contribution in [0, 0.1) is 0 Å². The molecule has 0 unspecified atom stereocenters. The van der Waals surface area contributed by atoms with Crippen molar-refractivity contribution in [3.63, 3.8) is 0 Å². The Morgan fingerprint density at radius 3 is 2.53 bits per heavy atom. The minimum Gasteiger partial charge on any atom is -0.305 e. The molecule has 98 valence electrons. The van der Waals surface area contributed by atoms with Gasteiger partial charge in [0.1, 0.15) is 6.04 Å². The normalized spacial score (nSPS) is 26.0. The van der Waals surface area contributed by atoms with Crippen molar-refractivity contribution in [1.29, 1.82) is 0 Å². The van der Waals surface area contributed by atoms with Gasteiger partial charge in [-0.3, -0.25) is 4.79 Å². The molecule has 5 heteroatoms. The Labute approximate surface area is 116 Å². The molecular weight excluding hydrogens is 264 g/mol. The smallest absolute Gasteiger partial charge is 0.305 e. The van der Waals surface area contributed by atoms with E-state index in [4.69, 9.17) is 11.6 Å². The van der Waals surface area contributed by atoms with Gasteiger partial charge in [-0.15, -0.1) is 0 Å². The lowest BCUT2D eigenvalue weighted by molar-refractivity contribution is -0.120. The predicted octanol–water partition coefficient (Wildman–Crippen LogP) is 2.83. The highest BCUT2D eigenvalue weighted by molar-refractivity contribution is 6.30. The van der Waals surface area contributed by atoms with Gasteiger partial charge in [0.05, 0.1) is 5.69 Å². The fourth-order valence-electron chi connectivity index (χ4n) is 2.61. The highest BCUT2D eigenvalue weighted by Crippen LogP contribution is 2.31. The topological polar surface area (TPSA) is 40.6 Å². The zero-order chi connectivity index (χ0) is 13.6. The first kappa shape index (κ1) is 12.2. The van der Waals surface area contributed by atoms with E-state index in [2.05, 4.69) is 0 Å². The van der Waals surface area contributed by atoms with Gasteiger partial charge in [-0.1, -0.05) is 23.8 Å². The van der Waals surface area contributed by atoms with Gasteiger partial charge in [0.25, 0.3) is 5.91 Å². The average molecular weight is 277 g/mol. The molecule has 1 aromatic carbocycles. The summed E-state index contributed by atoms with van der Waals surface area (Å²) in [6.45, 7) is 1.92. The molecule has 3 amide bonds. The van der Waals surface area contributed by atoms with Crippen molar-refractivity contribution < 1.29 is 9.59 Å². The van der Waals surface area contributed by atoms with Crippen LogP contribution in [-0.4, -0.2) is 28.9 Å². The summed E-state index contributed by atoms with van der Waals surface area (Å²) in [5.41, 5.74) is 0.570. The van der Waals surface area contributed by atoms with E-state index in [9.17, 15) is 9.59 Å². The third-order valence-electron chi connectivity index (χ3n) is 3.55. The molecule has 3 rings (SSSR count). The van der Waals surface area contributed by atoms with Crippen molar-refractivity contribution in [1.82, 2.24) is 4.90 Å². The summed E-state index contributed by atoms with van der Waals surface area (Å²) >= 11 is 5.83. The molecule has 1 fully saturated rings. The lowest BCUT2D eigenvalue weighted by Crippen LogP contribution is -2.42. The predicted molar refractivity (Wildman–Crippen MR) is 73.2 cm³/mol. The molecule has 1 saturated heterocycles. The molecule has 19 heavy (non-hydrogen) atoms. The van der Waals surface area contributed by atoms with Gasteiger partial charge in [0.15, 0.2) is 0 Å². The lowest BCUT2D eigenvalue weighted by atomic mass is 10.1. The Bertz CT molecular complexity index is 567. The summed E-state index contributed by atoms with van der Waals surface area (Å²) in [5, 5.41) is 0.579. The maximum Gasteiger partial charge on any atom is 0.332 e. The Balaban J connectivity index is 1.98. The summed E-state index contributed by atoms with van der Waals surface area (Å²) in [5.74, 6) is -0.163. The third-order valence-corrected chi connectivity index (χ3v) is 3.80. The number of anilines is 1. The number of benzene rings is 1. The average Bonchev–Trinajstić information content (AvgIpc) is 2.65. The molecule has 2 aliphatic rings.